The number of benzene rings is 3. The Hall–Kier alpha value is -3.87. The predicted molar refractivity (Wildman–Crippen MR) is 148 cm³/mol. The highest BCUT2D eigenvalue weighted by Crippen LogP contribution is 2.32. The molecule has 0 unspecified atom stereocenters. The molecule has 0 bridgehead atoms. The minimum Gasteiger partial charge on any atom is -0.334 e. The molecule has 2 aliphatic heterocycles. The van der Waals surface area contributed by atoms with Gasteiger partial charge in [-0.2, -0.15) is 0 Å². The van der Waals surface area contributed by atoms with Gasteiger partial charge in [0.1, 0.15) is 12.2 Å². The molecule has 0 radical (unpaired) electrons. The SMILES string of the molecule is CC[C@H](C)[C@H]1C(=O)N(Cc2cccc3ccccc23)C[C@@H]2N(C(=O)NCc3ccc(C)cc3)CCC(=O)N12. The van der Waals surface area contributed by atoms with Gasteiger partial charge in [-0.3, -0.25) is 9.59 Å². The van der Waals surface area contributed by atoms with Gasteiger partial charge in [0.2, 0.25) is 11.8 Å². The number of carbonyl (C=O) groups excluding carboxylic acids is 3. The van der Waals surface area contributed by atoms with Crippen molar-refractivity contribution in [2.75, 3.05) is 13.1 Å². The molecular weight excluding hydrogens is 476 g/mol. The number of hydrogen-bond donors (Lipinski definition) is 1. The van der Waals surface area contributed by atoms with E-state index >= 15 is 0 Å². The van der Waals surface area contributed by atoms with Crippen LogP contribution in [0.15, 0.2) is 66.7 Å². The van der Waals surface area contributed by atoms with E-state index in [-0.39, 0.29) is 30.2 Å². The number of urea groups is 1. The summed E-state index contributed by atoms with van der Waals surface area (Å²) in [6, 6.07) is 21.6. The zero-order chi connectivity index (χ0) is 26.8. The van der Waals surface area contributed by atoms with Gasteiger partial charge in [-0.1, -0.05) is 92.6 Å². The van der Waals surface area contributed by atoms with E-state index in [0.29, 0.717) is 26.2 Å². The molecule has 5 rings (SSSR count). The highest BCUT2D eigenvalue weighted by atomic mass is 16.2. The third-order valence-corrected chi connectivity index (χ3v) is 8.03. The van der Waals surface area contributed by atoms with Crippen LogP contribution in [0.25, 0.3) is 10.8 Å². The minimum absolute atomic E-state index is 0.0279. The molecule has 2 saturated heterocycles. The number of hydrogen-bond acceptors (Lipinski definition) is 3. The molecule has 2 fully saturated rings. The van der Waals surface area contributed by atoms with Gasteiger partial charge < -0.3 is 20.0 Å². The Balaban J connectivity index is 1.42. The molecule has 7 nitrogen and oxygen atoms in total. The fourth-order valence-corrected chi connectivity index (χ4v) is 5.67. The third kappa shape index (κ3) is 4.97. The van der Waals surface area contributed by atoms with Crippen LogP contribution < -0.4 is 5.32 Å². The second kappa shape index (κ2) is 10.9. The zero-order valence-corrected chi connectivity index (χ0v) is 22.4. The van der Waals surface area contributed by atoms with Gasteiger partial charge in [0, 0.05) is 26.1 Å². The maximum atomic E-state index is 13.9. The summed E-state index contributed by atoms with van der Waals surface area (Å²) >= 11 is 0. The van der Waals surface area contributed by atoms with Crippen LogP contribution in [-0.2, 0) is 22.7 Å². The van der Waals surface area contributed by atoms with Crippen LogP contribution >= 0.6 is 0 Å². The number of piperazine rings is 1. The molecule has 4 amide bonds. The van der Waals surface area contributed by atoms with E-state index in [9.17, 15) is 14.4 Å². The molecule has 3 aromatic rings. The second-order valence-electron chi connectivity index (χ2n) is 10.6. The Kier molecular flexibility index (Phi) is 7.36. The maximum absolute atomic E-state index is 13.9. The Morgan fingerprint density at radius 1 is 1.03 bits per heavy atom. The van der Waals surface area contributed by atoms with Crippen LogP contribution in [0.5, 0.6) is 0 Å². The molecule has 2 heterocycles. The van der Waals surface area contributed by atoms with Crippen LogP contribution in [0.1, 0.15) is 43.4 Å². The van der Waals surface area contributed by atoms with Crippen LogP contribution in [0.3, 0.4) is 0 Å². The lowest BCUT2D eigenvalue weighted by molar-refractivity contribution is -0.170. The van der Waals surface area contributed by atoms with Gasteiger partial charge in [-0.15, -0.1) is 0 Å². The first kappa shape index (κ1) is 25.8. The molecule has 3 atom stereocenters. The summed E-state index contributed by atoms with van der Waals surface area (Å²) in [6.07, 6.45) is 0.480. The molecule has 0 aliphatic carbocycles. The lowest BCUT2D eigenvalue weighted by atomic mass is 9.91. The summed E-state index contributed by atoms with van der Waals surface area (Å²) in [5, 5.41) is 5.27. The number of rotatable bonds is 6. The zero-order valence-electron chi connectivity index (χ0n) is 22.4. The van der Waals surface area contributed by atoms with E-state index in [4.69, 9.17) is 0 Å². The van der Waals surface area contributed by atoms with E-state index in [2.05, 4.69) is 29.6 Å². The predicted octanol–water partition coefficient (Wildman–Crippen LogP) is 4.68. The molecule has 7 heteroatoms. The number of aryl methyl sites for hydroxylation is 1. The summed E-state index contributed by atoms with van der Waals surface area (Å²) in [5.74, 6) is -0.125. The highest BCUT2D eigenvalue weighted by Gasteiger charge is 2.50. The fraction of sp³-hybridized carbons (Fsp3) is 0.387. The highest BCUT2D eigenvalue weighted by molar-refractivity contribution is 5.92. The van der Waals surface area contributed by atoms with E-state index in [1.165, 1.54) is 5.56 Å². The van der Waals surface area contributed by atoms with E-state index in [1.54, 1.807) is 9.80 Å². The van der Waals surface area contributed by atoms with E-state index < -0.39 is 12.2 Å². The monoisotopic (exact) mass is 512 g/mol. The number of carbonyl (C=O) groups is 3. The van der Waals surface area contributed by atoms with Gasteiger partial charge in [0.25, 0.3) is 0 Å². The van der Waals surface area contributed by atoms with Crippen molar-refractivity contribution >= 4 is 28.6 Å². The molecule has 2 aliphatic rings. The summed E-state index contributed by atoms with van der Waals surface area (Å²) < 4.78 is 0. The van der Waals surface area contributed by atoms with Gasteiger partial charge in [-0.05, 0) is 34.7 Å². The summed E-state index contributed by atoms with van der Waals surface area (Å²) in [5.41, 5.74) is 3.24. The normalized spacial score (nSPS) is 20.4. The largest absolute Gasteiger partial charge is 0.334 e. The van der Waals surface area contributed by atoms with Crippen molar-refractivity contribution in [1.29, 1.82) is 0 Å². The second-order valence-corrected chi connectivity index (χ2v) is 10.6. The molecule has 3 aromatic carbocycles. The molecule has 38 heavy (non-hydrogen) atoms. The summed E-state index contributed by atoms with van der Waals surface area (Å²) in [7, 11) is 0. The molecule has 1 N–H and O–H groups in total. The lowest BCUT2D eigenvalue weighted by Crippen LogP contribution is -2.72. The molecular formula is C31H36N4O3. The van der Waals surface area contributed by atoms with Crippen LogP contribution in [-0.4, -0.2) is 57.8 Å². The first-order valence-corrected chi connectivity index (χ1v) is 13.5. The minimum atomic E-state index is -0.589. The van der Waals surface area contributed by atoms with Crippen molar-refractivity contribution in [3.05, 3.63) is 83.4 Å². The number of amides is 4. The first-order valence-electron chi connectivity index (χ1n) is 13.5. The number of fused-ring (bicyclic) bond motifs is 2. The van der Waals surface area contributed by atoms with Crippen molar-refractivity contribution in [3.63, 3.8) is 0 Å². The standard InChI is InChI=1S/C31H36N4O3/c1-4-22(3)29-30(37)33(19-25-10-7-9-24-8-5-6-11-26(24)25)20-27-34(17-16-28(36)35(27)29)31(38)32-18-23-14-12-21(2)13-15-23/h5-15,22,27,29H,4,16-20H2,1-3H3,(H,32,38)/t22-,27+,29-/m0/s1. The smallest absolute Gasteiger partial charge is 0.319 e. The average molecular weight is 513 g/mol. The van der Waals surface area contributed by atoms with E-state index in [0.717, 1.165) is 28.3 Å². The third-order valence-electron chi connectivity index (χ3n) is 8.03. The molecule has 0 aromatic heterocycles. The fourth-order valence-electron chi connectivity index (χ4n) is 5.67. The van der Waals surface area contributed by atoms with Crippen molar-refractivity contribution in [1.82, 2.24) is 20.0 Å². The summed E-state index contributed by atoms with van der Waals surface area (Å²) in [4.78, 5) is 45.8. The average Bonchev–Trinajstić information content (AvgIpc) is 2.93. The Labute approximate surface area is 224 Å². The van der Waals surface area contributed by atoms with Crippen molar-refractivity contribution in [2.24, 2.45) is 5.92 Å². The van der Waals surface area contributed by atoms with Gasteiger partial charge in [-0.25, -0.2) is 4.79 Å². The molecule has 0 saturated carbocycles. The van der Waals surface area contributed by atoms with Gasteiger partial charge >= 0.3 is 6.03 Å². The Morgan fingerprint density at radius 2 is 1.76 bits per heavy atom. The Morgan fingerprint density at radius 3 is 2.53 bits per heavy atom. The number of nitrogens with one attached hydrogen (secondary N) is 1. The van der Waals surface area contributed by atoms with Crippen LogP contribution in [0, 0.1) is 12.8 Å². The number of nitrogens with zero attached hydrogens (tertiary/aromatic N) is 3. The molecule has 198 valence electrons. The molecule has 0 spiro atoms. The van der Waals surface area contributed by atoms with Crippen LogP contribution in [0.4, 0.5) is 4.79 Å². The quantitative estimate of drug-likeness (QED) is 0.522. The first-order chi connectivity index (χ1) is 18.4. The Bertz CT molecular complexity index is 1330. The summed E-state index contributed by atoms with van der Waals surface area (Å²) in [6.45, 7) is 7.56. The van der Waals surface area contributed by atoms with Crippen molar-refractivity contribution in [2.45, 2.75) is 58.9 Å². The van der Waals surface area contributed by atoms with Crippen molar-refractivity contribution in [3.8, 4) is 0 Å². The van der Waals surface area contributed by atoms with Gasteiger partial charge in [0.05, 0.1) is 6.54 Å². The van der Waals surface area contributed by atoms with Crippen molar-refractivity contribution < 1.29 is 14.4 Å². The van der Waals surface area contributed by atoms with Gasteiger partial charge in [0.15, 0.2) is 0 Å². The lowest BCUT2D eigenvalue weighted by Gasteiger charge is -2.53. The van der Waals surface area contributed by atoms with E-state index in [1.807, 2.05) is 68.1 Å². The van der Waals surface area contributed by atoms with Crippen LogP contribution in [0.2, 0.25) is 0 Å². The topological polar surface area (TPSA) is 73.0 Å². The maximum Gasteiger partial charge on any atom is 0.319 e.